The Labute approximate surface area is 74.1 Å². The average molecular weight is 142 g/mol. The molecular formula is C10H14. The van der Waals surface area contributed by atoms with Crippen molar-refractivity contribution in [1.29, 1.82) is 0 Å². The maximum Gasteiger partial charge on any atom is 0.0628 e. The molecule has 10 heavy (non-hydrogen) atoms. The van der Waals surface area contributed by atoms with Crippen LogP contribution >= 0.6 is 0 Å². The van der Waals surface area contributed by atoms with Gasteiger partial charge in [-0.3, -0.25) is 0 Å². The molecule has 0 aliphatic heterocycles. The Kier molecular flexibility index (Phi) is 0.515. The minimum Gasteiger partial charge on any atom is -0.0561 e. The third-order valence-corrected chi connectivity index (χ3v) is 1.50. The summed E-state index contributed by atoms with van der Waals surface area (Å²) in [5, 5.41) is 0. The Balaban J connectivity index is 3.83. The van der Waals surface area contributed by atoms with Crippen molar-refractivity contribution in [3.8, 4) is 0 Å². The summed E-state index contributed by atoms with van der Waals surface area (Å²) in [6.45, 7) is -2.22. The van der Waals surface area contributed by atoms with Gasteiger partial charge in [0, 0.05) is 8.22 Å². The van der Waals surface area contributed by atoms with Gasteiger partial charge in [-0.25, -0.2) is 0 Å². The zero-order chi connectivity index (χ0) is 14.5. The molecule has 1 aromatic carbocycles. The van der Waals surface area contributed by atoms with E-state index in [2.05, 4.69) is 0 Å². The summed E-state index contributed by atoms with van der Waals surface area (Å²) in [6, 6.07) is -0.839. The highest BCUT2D eigenvalue weighted by molar-refractivity contribution is 5.35. The molecule has 0 N–H and O–H groups in total. The first-order valence-corrected chi connectivity index (χ1v) is 3.00. The van der Waals surface area contributed by atoms with Crippen molar-refractivity contribution in [1.82, 2.24) is 0 Å². The number of benzene rings is 1. The van der Waals surface area contributed by atoms with Gasteiger partial charge in [0.2, 0.25) is 0 Å². The zero-order valence-electron chi connectivity index (χ0n) is 14.0. The summed E-state index contributed by atoms with van der Waals surface area (Å²) in [5.74, 6) is 0. The molecule has 0 radical (unpaired) electrons. The second-order valence-electron chi connectivity index (χ2n) is 2.25. The van der Waals surface area contributed by atoms with Crippen LogP contribution in [-0.4, -0.2) is 0 Å². The summed E-state index contributed by atoms with van der Waals surface area (Å²) in [7, 11) is 0. The van der Waals surface area contributed by atoms with Crippen LogP contribution in [0.25, 0.3) is 0 Å². The zero-order valence-corrected chi connectivity index (χ0v) is 6.00. The lowest BCUT2D eigenvalue weighted by atomic mass is 10.0. The lowest BCUT2D eigenvalue weighted by Gasteiger charge is -2.04. The molecular weight excluding hydrogens is 120 g/mol. The molecule has 0 spiro atoms. The third-order valence-electron chi connectivity index (χ3n) is 1.50. The van der Waals surface area contributed by atoms with E-state index >= 15 is 0 Å². The van der Waals surface area contributed by atoms with Crippen molar-refractivity contribution >= 4 is 0 Å². The van der Waals surface area contributed by atoms with E-state index < -0.39 is 25.3 Å². The molecule has 0 saturated carbocycles. The Morgan fingerprint density at radius 2 is 1.90 bits per heavy atom. The molecule has 0 saturated heterocycles. The predicted molar refractivity (Wildman–Crippen MR) is 45.4 cm³/mol. The van der Waals surface area contributed by atoms with Crippen LogP contribution in [0.4, 0.5) is 0 Å². The van der Waals surface area contributed by atoms with Crippen molar-refractivity contribution in [3.05, 3.63) is 34.3 Å². The van der Waals surface area contributed by atoms with Crippen molar-refractivity contribution in [2.45, 2.75) is 27.6 Å². The largest absolute Gasteiger partial charge is 0.0628 e. The lowest BCUT2D eigenvalue weighted by Crippen LogP contribution is -1.86. The maximum absolute atomic E-state index is 7.80. The molecule has 1 rings (SSSR count). The van der Waals surface area contributed by atoms with Crippen molar-refractivity contribution in [3.63, 3.8) is 0 Å². The van der Waals surface area contributed by atoms with Crippen LogP contribution in [0, 0.1) is 27.6 Å². The summed E-state index contributed by atoms with van der Waals surface area (Å²) < 4.78 is 59.7. The Bertz CT molecular complexity index is 439. The fourth-order valence-electron chi connectivity index (χ4n) is 0.719. The lowest BCUT2D eigenvalue weighted by molar-refractivity contribution is 1.23. The minimum atomic E-state index is -2.66. The molecule has 1 aromatic rings. The number of rotatable bonds is 0. The quantitative estimate of drug-likeness (QED) is 0.522. The van der Waals surface area contributed by atoms with Crippen molar-refractivity contribution in [2.75, 3.05) is 0 Å². The van der Waals surface area contributed by atoms with E-state index in [1.54, 1.807) is 0 Å². The monoisotopic (exact) mass is 142 g/mol. The fourth-order valence-corrected chi connectivity index (χ4v) is 0.719. The third kappa shape index (κ3) is 1.21. The molecule has 0 nitrogen and oxygen atoms in total. The molecule has 0 heterocycles. The van der Waals surface area contributed by atoms with Gasteiger partial charge < -0.3 is 0 Å². The van der Waals surface area contributed by atoms with E-state index in [0.717, 1.165) is 0 Å². The smallest absolute Gasteiger partial charge is 0.0561 e. The fraction of sp³-hybridized carbons (Fsp3) is 0.400. The molecule has 0 atom stereocenters. The van der Waals surface area contributed by atoms with Gasteiger partial charge in [0.15, 0.2) is 0 Å². The molecule has 0 heteroatoms. The van der Waals surface area contributed by atoms with E-state index in [0.29, 0.717) is 5.56 Å². The van der Waals surface area contributed by atoms with Crippen LogP contribution in [0.3, 0.4) is 0 Å². The van der Waals surface area contributed by atoms with Crippen LogP contribution in [0.1, 0.15) is 33.2 Å². The average Bonchev–Trinajstić information content (AvgIpc) is 2.09. The second-order valence-corrected chi connectivity index (χ2v) is 2.25. The molecule has 0 aliphatic rings. The molecule has 0 unspecified atom stereocenters. The first-order valence-electron chi connectivity index (χ1n) is 7.00. The van der Waals surface area contributed by atoms with E-state index in [4.69, 9.17) is 11.0 Å². The van der Waals surface area contributed by atoms with Gasteiger partial charge in [-0.05, 0) is 44.2 Å². The molecule has 0 aliphatic carbocycles. The summed E-state index contributed by atoms with van der Waals surface area (Å²) in [4.78, 5) is 0. The van der Waals surface area contributed by atoms with E-state index in [9.17, 15) is 0 Å². The molecule has 0 fully saturated rings. The topological polar surface area (TPSA) is 0 Å². The molecule has 0 amide bonds. The SMILES string of the molecule is [2H]c1c(C)c(C)c(C([2H])([2H])[2H])c([2H])c1C([2H])([2H])[2H]. The highest BCUT2D eigenvalue weighted by atomic mass is 14.0. The normalized spacial score (nSPS) is 24.2. The standard InChI is InChI=1S/C10H14/c1-7-5-8(2)10(4)9(3)6-7/h5-6H,1-4H3/i1D3,2D3,5D,6D. The van der Waals surface area contributed by atoms with E-state index in [1.807, 2.05) is 0 Å². The van der Waals surface area contributed by atoms with Crippen LogP contribution in [0.2, 0.25) is 0 Å². The molecule has 0 bridgehead atoms. The second kappa shape index (κ2) is 2.45. The van der Waals surface area contributed by atoms with Gasteiger partial charge in [0.05, 0.1) is 2.74 Å². The van der Waals surface area contributed by atoms with Crippen LogP contribution < -0.4 is 0 Å². The van der Waals surface area contributed by atoms with E-state index in [-0.39, 0.29) is 17.2 Å². The van der Waals surface area contributed by atoms with Crippen molar-refractivity contribution < 1.29 is 11.0 Å². The minimum absolute atomic E-state index is 0.273. The Hall–Kier alpha value is -0.780. The predicted octanol–water partition coefficient (Wildman–Crippen LogP) is 2.92. The highest BCUT2D eigenvalue weighted by Crippen LogP contribution is 2.13. The van der Waals surface area contributed by atoms with Gasteiger partial charge in [0.1, 0.15) is 0 Å². The van der Waals surface area contributed by atoms with Gasteiger partial charge in [-0.15, -0.1) is 0 Å². The van der Waals surface area contributed by atoms with Crippen LogP contribution in [0.5, 0.6) is 0 Å². The van der Waals surface area contributed by atoms with Crippen molar-refractivity contribution in [2.24, 2.45) is 0 Å². The van der Waals surface area contributed by atoms with Gasteiger partial charge in [-0.1, -0.05) is 17.6 Å². The first kappa shape index (κ1) is 2.10. The number of hydrogen-bond donors (Lipinski definition) is 0. The highest BCUT2D eigenvalue weighted by Gasteiger charge is 1.95. The van der Waals surface area contributed by atoms with Crippen LogP contribution in [-0.2, 0) is 0 Å². The van der Waals surface area contributed by atoms with Gasteiger partial charge in [0.25, 0.3) is 0 Å². The van der Waals surface area contributed by atoms with Crippen LogP contribution in [0.15, 0.2) is 12.1 Å². The Morgan fingerprint density at radius 3 is 2.50 bits per heavy atom. The molecule has 54 valence electrons. The first-order chi connectivity index (χ1) is 7.89. The van der Waals surface area contributed by atoms with E-state index in [1.165, 1.54) is 13.8 Å². The molecule has 0 aromatic heterocycles. The Morgan fingerprint density at radius 1 is 1.20 bits per heavy atom. The summed E-state index contributed by atoms with van der Waals surface area (Å²) in [5.41, 5.74) is -0.180. The number of hydrogen-bond acceptors (Lipinski definition) is 0. The van der Waals surface area contributed by atoms with Gasteiger partial charge >= 0.3 is 0 Å². The maximum atomic E-state index is 7.80. The summed E-state index contributed by atoms with van der Waals surface area (Å²) in [6.07, 6.45) is 0. The van der Waals surface area contributed by atoms with Gasteiger partial charge in [-0.2, -0.15) is 0 Å². The summed E-state index contributed by atoms with van der Waals surface area (Å²) >= 11 is 0.